The Balaban J connectivity index is 1.65. The average Bonchev–Trinajstić information content (AvgIpc) is 3.22. The molecule has 28 heavy (non-hydrogen) atoms. The van der Waals surface area contributed by atoms with E-state index in [-0.39, 0.29) is 11.7 Å². The fraction of sp³-hybridized carbons (Fsp3) is 0.238. The number of hydrogen-bond acceptors (Lipinski definition) is 5. The summed E-state index contributed by atoms with van der Waals surface area (Å²) in [6.07, 6.45) is 1.57. The van der Waals surface area contributed by atoms with Gasteiger partial charge in [-0.05, 0) is 42.7 Å². The first kappa shape index (κ1) is 18.4. The van der Waals surface area contributed by atoms with Gasteiger partial charge in [-0.3, -0.25) is 4.79 Å². The Kier molecular flexibility index (Phi) is 5.00. The molecule has 144 valence electrons. The first-order chi connectivity index (χ1) is 13.6. The summed E-state index contributed by atoms with van der Waals surface area (Å²) in [5.74, 6) is 0.560. The van der Waals surface area contributed by atoms with Crippen LogP contribution in [-0.2, 0) is 6.42 Å². The molecule has 2 heterocycles. The van der Waals surface area contributed by atoms with Gasteiger partial charge in [-0.1, -0.05) is 12.1 Å². The third-order valence-electron chi connectivity index (χ3n) is 4.77. The van der Waals surface area contributed by atoms with Crippen LogP contribution in [0.1, 0.15) is 22.5 Å². The number of rotatable bonds is 4. The molecule has 0 radical (unpaired) electrons. The molecule has 1 amide bonds. The highest BCUT2D eigenvalue weighted by Crippen LogP contribution is 2.35. The van der Waals surface area contributed by atoms with E-state index in [1.807, 2.05) is 18.2 Å². The number of methoxy groups -OCH3 is 2. The molecule has 0 spiro atoms. The van der Waals surface area contributed by atoms with Gasteiger partial charge in [0, 0.05) is 17.5 Å². The van der Waals surface area contributed by atoms with Crippen molar-refractivity contribution in [3.63, 3.8) is 0 Å². The van der Waals surface area contributed by atoms with Crippen LogP contribution in [0.2, 0.25) is 0 Å². The standard InChI is InChI=1S/C21H19FN2O3S/c1-26-17-9-8-14(11-18(17)27-2)20-23-16(12-28-20)21(25)24-10-4-6-13-5-3-7-15(22)19(13)24/h3,5,7-9,11-12H,4,6,10H2,1-2H3. The summed E-state index contributed by atoms with van der Waals surface area (Å²) in [5, 5.41) is 2.40. The molecule has 4 rings (SSSR count). The van der Waals surface area contributed by atoms with Gasteiger partial charge in [0.2, 0.25) is 0 Å². The van der Waals surface area contributed by atoms with Crippen LogP contribution in [0.15, 0.2) is 41.8 Å². The summed E-state index contributed by atoms with van der Waals surface area (Å²) in [7, 11) is 3.15. The zero-order valence-corrected chi connectivity index (χ0v) is 16.4. The number of fused-ring (bicyclic) bond motifs is 1. The molecule has 0 saturated heterocycles. The molecule has 3 aromatic rings. The highest BCUT2D eigenvalue weighted by atomic mass is 32.1. The predicted octanol–water partition coefficient (Wildman–Crippen LogP) is 4.56. The van der Waals surface area contributed by atoms with Crippen LogP contribution in [0.4, 0.5) is 10.1 Å². The van der Waals surface area contributed by atoms with Gasteiger partial charge < -0.3 is 14.4 Å². The molecule has 0 fully saturated rings. The predicted molar refractivity (Wildman–Crippen MR) is 107 cm³/mol. The molecule has 0 atom stereocenters. The third kappa shape index (κ3) is 3.22. The number of carbonyl (C=O) groups excluding carboxylic acids is 1. The molecule has 7 heteroatoms. The Bertz CT molecular complexity index is 1030. The van der Waals surface area contributed by atoms with E-state index in [1.165, 1.54) is 22.3 Å². The number of hydrogen-bond donors (Lipinski definition) is 0. The summed E-state index contributed by atoms with van der Waals surface area (Å²) < 4.78 is 25.0. The highest BCUT2D eigenvalue weighted by Gasteiger charge is 2.28. The van der Waals surface area contributed by atoms with Crippen LogP contribution < -0.4 is 14.4 Å². The van der Waals surface area contributed by atoms with E-state index in [9.17, 15) is 9.18 Å². The second kappa shape index (κ2) is 7.59. The van der Waals surface area contributed by atoms with Crippen LogP contribution in [0.3, 0.4) is 0 Å². The van der Waals surface area contributed by atoms with E-state index in [0.717, 1.165) is 24.0 Å². The maximum absolute atomic E-state index is 14.4. The molecule has 0 saturated carbocycles. The van der Waals surface area contributed by atoms with Gasteiger partial charge in [0.25, 0.3) is 5.91 Å². The molecule has 0 N–H and O–H groups in total. The Morgan fingerprint density at radius 2 is 2.00 bits per heavy atom. The van der Waals surface area contributed by atoms with E-state index in [1.54, 1.807) is 31.7 Å². The van der Waals surface area contributed by atoms with Crippen molar-refractivity contribution in [2.45, 2.75) is 12.8 Å². The highest BCUT2D eigenvalue weighted by molar-refractivity contribution is 7.13. The number of aryl methyl sites for hydroxylation is 1. The topological polar surface area (TPSA) is 51.7 Å². The van der Waals surface area contributed by atoms with E-state index in [2.05, 4.69) is 4.98 Å². The van der Waals surface area contributed by atoms with Crippen LogP contribution >= 0.6 is 11.3 Å². The fourth-order valence-electron chi connectivity index (χ4n) is 3.42. The molecule has 0 unspecified atom stereocenters. The van der Waals surface area contributed by atoms with Crippen LogP contribution in [0.5, 0.6) is 11.5 Å². The second-order valence-electron chi connectivity index (χ2n) is 6.42. The molecule has 5 nitrogen and oxygen atoms in total. The van der Waals surface area contributed by atoms with Gasteiger partial charge in [-0.2, -0.15) is 0 Å². The molecule has 0 aliphatic carbocycles. The number of benzene rings is 2. The van der Waals surface area contributed by atoms with Gasteiger partial charge in [0.1, 0.15) is 16.5 Å². The Labute approximate surface area is 166 Å². The van der Waals surface area contributed by atoms with Gasteiger partial charge in [0.15, 0.2) is 11.5 Å². The molecule has 1 aliphatic heterocycles. The minimum atomic E-state index is -0.374. The lowest BCUT2D eigenvalue weighted by Gasteiger charge is -2.29. The Hall–Kier alpha value is -2.93. The second-order valence-corrected chi connectivity index (χ2v) is 7.27. The van der Waals surface area contributed by atoms with Crippen LogP contribution in [0, 0.1) is 5.82 Å². The van der Waals surface area contributed by atoms with Crippen molar-refractivity contribution in [1.29, 1.82) is 0 Å². The first-order valence-corrected chi connectivity index (χ1v) is 9.77. The minimum absolute atomic E-state index is 0.283. The monoisotopic (exact) mass is 398 g/mol. The van der Waals surface area contributed by atoms with Crippen molar-refractivity contribution >= 4 is 22.9 Å². The summed E-state index contributed by atoms with van der Waals surface area (Å²) in [6, 6.07) is 10.4. The van der Waals surface area contributed by atoms with Crippen molar-refractivity contribution in [2.24, 2.45) is 0 Å². The SMILES string of the molecule is COc1ccc(-c2nc(C(=O)N3CCCc4cccc(F)c43)cs2)cc1OC. The lowest BCUT2D eigenvalue weighted by atomic mass is 10.0. The zero-order valence-electron chi connectivity index (χ0n) is 15.6. The number of para-hydroxylation sites is 1. The number of anilines is 1. The Morgan fingerprint density at radius 1 is 1.18 bits per heavy atom. The first-order valence-electron chi connectivity index (χ1n) is 8.89. The zero-order chi connectivity index (χ0) is 19.7. The number of thiazole rings is 1. The molecule has 1 aromatic heterocycles. The summed E-state index contributed by atoms with van der Waals surface area (Å²) in [5.41, 5.74) is 2.37. The number of amides is 1. The van der Waals surface area contributed by atoms with E-state index >= 15 is 0 Å². The van der Waals surface area contributed by atoms with Gasteiger partial charge >= 0.3 is 0 Å². The van der Waals surface area contributed by atoms with E-state index < -0.39 is 0 Å². The average molecular weight is 398 g/mol. The number of ether oxygens (including phenoxy) is 2. The smallest absolute Gasteiger partial charge is 0.277 e. The molecular formula is C21H19FN2O3S. The maximum Gasteiger partial charge on any atom is 0.277 e. The van der Waals surface area contributed by atoms with Crippen LogP contribution in [0.25, 0.3) is 10.6 Å². The van der Waals surface area contributed by atoms with Crippen molar-refractivity contribution < 1.29 is 18.7 Å². The molecule has 1 aliphatic rings. The normalized spacial score (nSPS) is 13.2. The van der Waals surface area contributed by atoms with Crippen molar-refractivity contribution in [2.75, 3.05) is 25.7 Å². The summed E-state index contributed by atoms with van der Waals surface area (Å²) >= 11 is 1.36. The summed E-state index contributed by atoms with van der Waals surface area (Å²) in [6.45, 7) is 0.482. The number of aromatic nitrogens is 1. The number of halogens is 1. The molecule has 2 aromatic carbocycles. The minimum Gasteiger partial charge on any atom is -0.493 e. The quantitative estimate of drug-likeness (QED) is 0.647. The van der Waals surface area contributed by atoms with E-state index in [4.69, 9.17) is 9.47 Å². The number of carbonyl (C=O) groups is 1. The lowest BCUT2D eigenvalue weighted by Crippen LogP contribution is -2.36. The van der Waals surface area contributed by atoms with E-state index in [0.29, 0.717) is 34.4 Å². The third-order valence-corrected chi connectivity index (χ3v) is 5.66. The lowest BCUT2D eigenvalue weighted by molar-refractivity contribution is 0.0980. The number of nitrogens with zero attached hydrogens (tertiary/aromatic N) is 2. The molecule has 0 bridgehead atoms. The van der Waals surface area contributed by atoms with Crippen molar-refractivity contribution in [3.05, 3.63) is 58.9 Å². The van der Waals surface area contributed by atoms with Crippen molar-refractivity contribution in [3.8, 4) is 22.1 Å². The largest absolute Gasteiger partial charge is 0.493 e. The van der Waals surface area contributed by atoms with Gasteiger partial charge in [-0.15, -0.1) is 11.3 Å². The van der Waals surface area contributed by atoms with Crippen molar-refractivity contribution in [1.82, 2.24) is 4.98 Å². The summed E-state index contributed by atoms with van der Waals surface area (Å²) in [4.78, 5) is 19.0. The maximum atomic E-state index is 14.4. The fourth-order valence-corrected chi connectivity index (χ4v) is 4.21. The van der Waals surface area contributed by atoms with Gasteiger partial charge in [0.05, 0.1) is 19.9 Å². The van der Waals surface area contributed by atoms with Gasteiger partial charge in [-0.25, -0.2) is 9.37 Å². The Morgan fingerprint density at radius 3 is 2.79 bits per heavy atom. The molecular weight excluding hydrogens is 379 g/mol. The van der Waals surface area contributed by atoms with Crippen LogP contribution in [-0.4, -0.2) is 31.7 Å².